The first-order valence-corrected chi connectivity index (χ1v) is 8.76. The van der Waals surface area contributed by atoms with Crippen molar-refractivity contribution in [1.82, 2.24) is 20.9 Å². The van der Waals surface area contributed by atoms with Gasteiger partial charge in [0.2, 0.25) is 17.7 Å². The maximum Gasteiger partial charge on any atom is 0.237 e. The van der Waals surface area contributed by atoms with Gasteiger partial charge >= 0.3 is 0 Å². The number of nitrogens with zero attached hydrogens (tertiary/aromatic N) is 1. The van der Waals surface area contributed by atoms with E-state index < -0.39 is 11.9 Å². The van der Waals surface area contributed by atoms with Gasteiger partial charge in [-0.1, -0.05) is 6.07 Å². The Morgan fingerprint density at radius 2 is 2.07 bits per heavy atom. The van der Waals surface area contributed by atoms with E-state index >= 15 is 0 Å². The highest BCUT2D eigenvalue weighted by Gasteiger charge is 2.32. The molecule has 0 spiro atoms. The molecule has 0 aromatic heterocycles. The number of halogens is 1. The van der Waals surface area contributed by atoms with Gasteiger partial charge in [0.25, 0.3) is 0 Å². The number of carbonyl (C=O) groups excluding carboxylic acids is 3. The van der Waals surface area contributed by atoms with Gasteiger partial charge in [-0.05, 0) is 6.07 Å². The second kappa shape index (κ2) is 9.86. The Kier molecular flexibility index (Phi) is 7.54. The molecule has 0 radical (unpaired) electrons. The van der Waals surface area contributed by atoms with Crippen molar-refractivity contribution in [2.45, 2.75) is 25.9 Å². The molecule has 1 aliphatic rings. The molecule has 3 N–H and O–H groups in total. The average Bonchev–Trinajstić information content (AvgIpc) is 2.63. The van der Waals surface area contributed by atoms with Crippen LogP contribution in [0.15, 0.2) is 18.2 Å². The van der Waals surface area contributed by atoms with E-state index in [1.165, 1.54) is 20.1 Å². The van der Waals surface area contributed by atoms with Crippen molar-refractivity contribution in [2.75, 3.05) is 33.3 Å². The number of benzene rings is 1. The molecule has 1 aromatic rings. The van der Waals surface area contributed by atoms with Crippen LogP contribution in [0.25, 0.3) is 0 Å². The van der Waals surface area contributed by atoms with E-state index in [0.29, 0.717) is 30.9 Å². The van der Waals surface area contributed by atoms with Gasteiger partial charge < -0.3 is 20.7 Å². The highest BCUT2D eigenvalue weighted by Crippen LogP contribution is 2.20. The summed E-state index contributed by atoms with van der Waals surface area (Å²) in [5.41, 5.74) is 0.432. The average molecular weight is 380 g/mol. The molecule has 8 nitrogen and oxygen atoms in total. The molecule has 1 heterocycles. The maximum atomic E-state index is 14.2. The van der Waals surface area contributed by atoms with Crippen LogP contribution in [0.4, 0.5) is 4.39 Å². The lowest BCUT2D eigenvalue weighted by atomic mass is 10.1. The number of hydrogen-bond acceptors (Lipinski definition) is 5. The molecule has 1 fully saturated rings. The number of rotatable bonds is 8. The van der Waals surface area contributed by atoms with Crippen LogP contribution < -0.4 is 20.7 Å². The van der Waals surface area contributed by atoms with Crippen LogP contribution in [0.1, 0.15) is 18.9 Å². The topological polar surface area (TPSA) is 99.8 Å². The van der Waals surface area contributed by atoms with Gasteiger partial charge in [0.1, 0.15) is 11.6 Å². The molecule has 27 heavy (non-hydrogen) atoms. The normalized spacial score (nSPS) is 17.1. The number of nitrogens with one attached hydrogen (secondary N) is 3. The molecule has 3 amide bonds. The molecule has 0 aliphatic carbocycles. The summed E-state index contributed by atoms with van der Waals surface area (Å²) in [7, 11) is 1.46. The number of hydrogen-bond donors (Lipinski definition) is 3. The second-order valence-electron chi connectivity index (χ2n) is 6.27. The van der Waals surface area contributed by atoms with E-state index in [2.05, 4.69) is 16.0 Å². The summed E-state index contributed by atoms with van der Waals surface area (Å²) in [6.45, 7) is 3.16. The Hall–Kier alpha value is -2.68. The highest BCUT2D eigenvalue weighted by atomic mass is 19.1. The summed E-state index contributed by atoms with van der Waals surface area (Å²) in [6.07, 6.45) is -0.0380. The van der Waals surface area contributed by atoms with Crippen molar-refractivity contribution < 1.29 is 23.5 Å². The summed E-state index contributed by atoms with van der Waals surface area (Å²) in [4.78, 5) is 37.0. The van der Waals surface area contributed by atoms with Crippen LogP contribution in [0.5, 0.6) is 5.75 Å². The summed E-state index contributed by atoms with van der Waals surface area (Å²) < 4.78 is 19.2. The summed E-state index contributed by atoms with van der Waals surface area (Å²) >= 11 is 0. The lowest BCUT2D eigenvalue weighted by molar-refractivity contribution is -0.134. The van der Waals surface area contributed by atoms with Gasteiger partial charge in [-0.25, -0.2) is 4.39 Å². The molecule has 148 valence electrons. The molecule has 1 aromatic carbocycles. The zero-order chi connectivity index (χ0) is 19.8. The fourth-order valence-corrected chi connectivity index (χ4v) is 2.86. The Morgan fingerprint density at radius 3 is 2.74 bits per heavy atom. The van der Waals surface area contributed by atoms with E-state index in [9.17, 15) is 18.8 Å². The first-order valence-electron chi connectivity index (χ1n) is 8.76. The van der Waals surface area contributed by atoms with Crippen molar-refractivity contribution in [2.24, 2.45) is 0 Å². The molecule has 1 atom stereocenters. The highest BCUT2D eigenvalue weighted by molar-refractivity contribution is 5.88. The third-order valence-electron chi connectivity index (χ3n) is 4.28. The van der Waals surface area contributed by atoms with Crippen LogP contribution >= 0.6 is 0 Å². The Labute approximate surface area is 157 Å². The zero-order valence-corrected chi connectivity index (χ0v) is 15.5. The van der Waals surface area contributed by atoms with E-state index in [1.807, 2.05) is 0 Å². The first-order chi connectivity index (χ1) is 12.9. The minimum Gasteiger partial charge on any atom is -0.497 e. The third-order valence-corrected chi connectivity index (χ3v) is 4.28. The van der Waals surface area contributed by atoms with Crippen LogP contribution in [-0.2, 0) is 20.9 Å². The quantitative estimate of drug-likeness (QED) is 0.542. The van der Waals surface area contributed by atoms with E-state index in [1.54, 1.807) is 17.0 Å². The molecule has 1 saturated heterocycles. The second-order valence-corrected chi connectivity index (χ2v) is 6.27. The van der Waals surface area contributed by atoms with Crippen molar-refractivity contribution in [3.8, 4) is 5.75 Å². The van der Waals surface area contributed by atoms with Gasteiger partial charge in [0, 0.05) is 51.3 Å². The Morgan fingerprint density at radius 1 is 1.33 bits per heavy atom. The van der Waals surface area contributed by atoms with Crippen molar-refractivity contribution >= 4 is 17.7 Å². The lowest BCUT2D eigenvalue weighted by Crippen LogP contribution is -2.56. The Balaban J connectivity index is 1.96. The lowest BCUT2D eigenvalue weighted by Gasteiger charge is -2.34. The van der Waals surface area contributed by atoms with Gasteiger partial charge in [-0.3, -0.25) is 19.3 Å². The summed E-state index contributed by atoms with van der Waals surface area (Å²) in [5.74, 6) is -0.736. The van der Waals surface area contributed by atoms with Crippen LogP contribution in [-0.4, -0.2) is 62.0 Å². The van der Waals surface area contributed by atoms with Gasteiger partial charge in [-0.2, -0.15) is 0 Å². The minimum atomic E-state index is -0.680. The number of methoxy groups -OCH3 is 1. The smallest absolute Gasteiger partial charge is 0.237 e. The van der Waals surface area contributed by atoms with E-state index in [-0.39, 0.29) is 37.2 Å². The standard InChI is InChI=1S/C18H25FN4O4/c1-12(24)20-5-6-21-17(25)10-16-18(26)22-7-8-23(16)11-13-3-4-14(27-2)9-15(13)19/h3-4,9,16H,5-8,10-11H2,1-2H3,(H,20,24)(H,21,25)(H,22,26). The molecule has 1 unspecified atom stereocenters. The molecular formula is C18H25FN4O4. The van der Waals surface area contributed by atoms with Crippen LogP contribution in [0.2, 0.25) is 0 Å². The minimum absolute atomic E-state index is 0.0380. The van der Waals surface area contributed by atoms with Gasteiger partial charge in [-0.15, -0.1) is 0 Å². The summed E-state index contributed by atoms with van der Waals surface area (Å²) in [5, 5.41) is 7.98. The number of piperazine rings is 1. The molecule has 9 heteroatoms. The number of ether oxygens (including phenoxy) is 1. The zero-order valence-electron chi connectivity index (χ0n) is 15.5. The Bertz CT molecular complexity index is 698. The largest absolute Gasteiger partial charge is 0.497 e. The molecule has 0 bridgehead atoms. The molecular weight excluding hydrogens is 355 g/mol. The number of amides is 3. The summed E-state index contributed by atoms with van der Waals surface area (Å²) in [6, 6.07) is 3.89. The van der Waals surface area contributed by atoms with Gasteiger partial charge in [0.05, 0.1) is 19.6 Å². The molecule has 1 aliphatic heterocycles. The van der Waals surface area contributed by atoms with Crippen LogP contribution in [0.3, 0.4) is 0 Å². The SMILES string of the molecule is COc1ccc(CN2CCNC(=O)C2CC(=O)NCCNC(C)=O)c(F)c1. The number of carbonyl (C=O) groups is 3. The predicted octanol–water partition coefficient (Wildman–Crippen LogP) is -0.223. The fourth-order valence-electron chi connectivity index (χ4n) is 2.86. The van der Waals surface area contributed by atoms with E-state index in [0.717, 1.165) is 0 Å². The van der Waals surface area contributed by atoms with E-state index in [4.69, 9.17) is 4.74 Å². The third kappa shape index (κ3) is 6.21. The van der Waals surface area contributed by atoms with Crippen LogP contribution in [0, 0.1) is 5.82 Å². The van der Waals surface area contributed by atoms with Crippen molar-refractivity contribution in [3.63, 3.8) is 0 Å². The molecule has 0 saturated carbocycles. The fraction of sp³-hybridized carbons (Fsp3) is 0.500. The van der Waals surface area contributed by atoms with Gasteiger partial charge in [0.15, 0.2) is 0 Å². The van der Waals surface area contributed by atoms with Crippen molar-refractivity contribution in [1.29, 1.82) is 0 Å². The van der Waals surface area contributed by atoms with Crippen molar-refractivity contribution in [3.05, 3.63) is 29.6 Å². The predicted molar refractivity (Wildman–Crippen MR) is 96.5 cm³/mol. The molecule has 2 rings (SSSR count). The maximum absolute atomic E-state index is 14.2. The monoisotopic (exact) mass is 380 g/mol. The first kappa shape index (κ1) is 20.6.